The van der Waals surface area contributed by atoms with Crippen LogP contribution in [0.3, 0.4) is 0 Å². The normalized spacial score (nSPS) is 14.2. The summed E-state index contributed by atoms with van der Waals surface area (Å²) in [6.07, 6.45) is 3.76. The Balaban J connectivity index is 1.37. The Morgan fingerprint density at radius 2 is 1.94 bits per heavy atom. The predicted octanol–water partition coefficient (Wildman–Crippen LogP) is 3.72. The quantitative estimate of drug-likeness (QED) is 0.446. The van der Waals surface area contributed by atoms with Crippen molar-refractivity contribution in [3.8, 4) is 10.6 Å². The van der Waals surface area contributed by atoms with Gasteiger partial charge in [0.05, 0.1) is 19.6 Å². The van der Waals surface area contributed by atoms with Gasteiger partial charge in [-0.15, -0.1) is 10.2 Å². The Bertz CT molecular complexity index is 1250. The summed E-state index contributed by atoms with van der Waals surface area (Å²) in [5.41, 5.74) is 2.41. The van der Waals surface area contributed by atoms with Crippen LogP contribution >= 0.6 is 11.3 Å². The van der Waals surface area contributed by atoms with Gasteiger partial charge in [-0.05, 0) is 36.6 Å². The summed E-state index contributed by atoms with van der Waals surface area (Å²) in [5, 5.41) is 12.2. The zero-order valence-electron chi connectivity index (χ0n) is 17.1. The van der Waals surface area contributed by atoms with E-state index in [-0.39, 0.29) is 12.2 Å². The number of benzene rings is 1. The van der Waals surface area contributed by atoms with E-state index in [0.717, 1.165) is 51.0 Å². The number of carbonyl (C=O) groups is 1. The lowest BCUT2D eigenvalue weighted by Crippen LogP contribution is -2.36. The van der Waals surface area contributed by atoms with Crippen molar-refractivity contribution in [3.63, 3.8) is 0 Å². The van der Waals surface area contributed by atoms with Crippen LogP contribution in [0.25, 0.3) is 21.3 Å². The van der Waals surface area contributed by atoms with Crippen LogP contribution in [0.1, 0.15) is 21.1 Å². The SMILES string of the molecule is Cc1nnc(-c2ccc3cnc(CC(=O)c4ccnc(N5CCOCC5)c4)cc3c2)s1. The molecule has 3 aromatic heterocycles. The molecule has 31 heavy (non-hydrogen) atoms. The summed E-state index contributed by atoms with van der Waals surface area (Å²) in [5.74, 6) is 0.845. The minimum absolute atomic E-state index is 0.0275. The topological polar surface area (TPSA) is 81.1 Å². The van der Waals surface area contributed by atoms with Crippen LogP contribution in [-0.2, 0) is 11.2 Å². The molecule has 1 fully saturated rings. The summed E-state index contributed by atoms with van der Waals surface area (Å²) in [4.78, 5) is 24.0. The number of aromatic nitrogens is 4. The van der Waals surface area contributed by atoms with Crippen molar-refractivity contribution >= 4 is 33.7 Å². The van der Waals surface area contributed by atoms with Crippen LogP contribution in [0.5, 0.6) is 0 Å². The first-order valence-electron chi connectivity index (χ1n) is 10.2. The number of anilines is 1. The maximum Gasteiger partial charge on any atom is 0.169 e. The molecule has 4 aromatic rings. The average Bonchev–Trinajstić information content (AvgIpc) is 3.25. The van der Waals surface area contributed by atoms with Crippen LogP contribution in [0.15, 0.2) is 48.8 Å². The van der Waals surface area contributed by atoms with Gasteiger partial charge < -0.3 is 9.64 Å². The van der Waals surface area contributed by atoms with Crippen LogP contribution in [0.4, 0.5) is 5.82 Å². The van der Waals surface area contributed by atoms with Crippen molar-refractivity contribution in [2.75, 3.05) is 31.2 Å². The second kappa shape index (κ2) is 8.49. The molecule has 4 heterocycles. The first-order chi connectivity index (χ1) is 15.2. The molecular formula is C23H21N5O2S. The highest BCUT2D eigenvalue weighted by Crippen LogP contribution is 2.27. The number of nitrogens with zero attached hydrogens (tertiary/aromatic N) is 5. The number of aryl methyl sites for hydroxylation is 1. The molecule has 1 aromatic carbocycles. The Hall–Kier alpha value is -3.23. The Morgan fingerprint density at radius 3 is 2.74 bits per heavy atom. The number of pyridine rings is 2. The minimum Gasteiger partial charge on any atom is -0.378 e. The van der Waals surface area contributed by atoms with Crippen LogP contribution in [0.2, 0.25) is 0 Å². The number of morpholine rings is 1. The van der Waals surface area contributed by atoms with Gasteiger partial charge in [0, 0.05) is 47.7 Å². The maximum atomic E-state index is 12.9. The third-order valence-electron chi connectivity index (χ3n) is 5.30. The van der Waals surface area contributed by atoms with E-state index in [1.165, 1.54) is 0 Å². The van der Waals surface area contributed by atoms with E-state index in [4.69, 9.17) is 4.74 Å². The molecule has 1 aliphatic rings. The number of Topliss-reactive ketones (excluding diaryl/α,β-unsaturated/α-hetero) is 1. The number of carbonyl (C=O) groups excluding carboxylic acids is 1. The summed E-state index contributed by atoms with van der Waals surface area (Å²) < 4.78 is 5.40. The molecule has 0 aliphatic carbocycles. The van der Waals surface area contributed by atoms with Crippen LogP contribution in [-0.4, -0.2) is 52.3 Å². The zero-order chi connectivity index (χ0) is 21.2. The van der Waals surface area contributed by atoms with Crippen molar-refractivity contribution in [1.82, 2.24) is 20.2 Å². The summed E-state index contributed by atoms with van der Waals surface area (Å²) >= 11 is 1.56. The molecule has 1 saturated heterocycles. The second-order valence-corrected chi connectivity index (χ2v) is 8.65. The zero-order valence-corrected chi connectivity index (χ0v) is 17.9. The van der Waals surface area contributed by atoms with E-state index < -0.39 is 0 Å². The molecule has 0 N–H and O–H groups in total. The van der Waals surface area contributed by atoms with E-state index in [9.17, 15) is 4.79 Å². The number of ether oxygens (including phenoxy) is 1. The maximum absolute atomic E-state index is 12.9. The van der Waals surface area contributed by atoms with Gasteiger partial charge in [-0.1, -0.05) is 23.5 Å². The van der Waals surface area contributed by atoms with Crippen molar-refractivity contribution in [1.29, 1.82) is 0 Å². The predicted molar refractivity (Wildman–Crippen MR) is 121 cm³/mol. The third kappa shape index (κ3) is 4.30. The standard InChI is InChI=1S/C23H21N5O2S/c1-15-26-27-23(31-15)17-2-3-18-14-25-20(11-19(18)10-17)13-21(29)16-4-5-24-22(12-16)28-6-8-30-9-7-28/h2-5,10-12,14H,6-9,13H2,1H3. The number of fused-ring (bicyclic) bond motifs is 1. The van der Waals surface area contributed by atoms with Gasteiger partial charge in [-0.3, -0.25) is 9.78 Å². The molecule has 156 valence electrons. The average molecular weight is 432 g/mol. The van der Waals surface area contributed by atoms with Gasteiger partial charge in [0.25, 0.3) is 0 Å². The summed E-state index contributed by atoms with van der Waals surface area (Å²) in [7, 11) is 0. The molecule has 1 aliphatic heterocycles. The van der Waals surface area contributed by atoms with E-state index in [2.05, 4.69) is 31.1 Å². The molecule has 0 radical (unpaired) electrons. The lowest BCUT2D eigenvalue weighted by molar-refractivity contribution is 0.0992. The van der Waals surface area contributed by atoms with Crippen molar-refractivity contribution in [2.24, 2.45) is 0 Å². The largest absolute Gasteiger partial charge is 0.378 e. The lowest BCUT2D eigenvalue weighted by atomic mass is 10.0. The highest BCUT2D eigenvalue weighted by atomic mass is 32.1. The molecular weight excluding hydrogens is 410 g/mol. The fourth-order valence-corrected chi connectivity index (χ4v) is 4.34. The Kier molecular flexibility index (Phi) is 5.40. The second-order valence-electron chi connectivity index (χ2n) is 7.47. The number of hydrogen-bond donors (Lipinski definition) is 0. The van der Waals surface area contributed by atoms with Gasteiger partial charge in [-0.2, -0.15) is 0 Å². The van der Waals surface area contributed by atoms with E-state index in [0.29, 0.717) is 18.8 Å². The highest BCUT2D eigenvalue weighted by molar-refractivity contribution is 7.14. The summed E-state index contributed by atoms with van der Waals surface area (Å²) in [6, 6.07) is 11.7. The highest BCUT2D eigenvalue weighted by Gasteiger charge is 2.15. The molecule has 8 heteroatoms. The van der Waals surface area contributed by atoms with Gasteiger partial charge in [0.1, 0.15) is 15.8 Å². The van der Waals surface area contributed by atoms with Gasteiger partial charge in [-0.25, -0.2) is 4.98 Å². The van der Waals surface area contributed by atoms with E-state index >= 15 is 0 Å². The molecule has 0 unspecified atom stereocenters. The minimum atomic E-state index is 0.0275. The third-order valence-corrected chi connectivity index (χ3v) is 6.18. The smallest absolute Gasteiger partial charge is 0.169 e. The first kappa shape index (κ1) is 19.7. The van der Waals surface area contributed by atoms with Gasteiger partial charge in [0.15, 0.2) is 5.78 Å². The molecule has 0 amide bonds. The fraction of sp³-hybridized carbons (Fsp3) is 0.261. The van der Waals surface area contributed by atoms with Crippen molar-refractivity contribution < 1.29 is 9.53 Å². The van der Waals surface area contributed by atoms with Crippen molar-refractivity contribution in [2.45, 2.75) is 13.3 Å². The summed E-state index contributed by atoms with van der Waals surface area (Å²) in [6.45, 7) is 4.87. The Labute approximate surface area is 183 Å². The van der Waals surface area contributed by atoms with Crippen LogP contribution in [0, 0.1) is 6.92 Å². The van der Waals surface area contributed by atoms with E-state index in [1.54, 1.807) is 23.6 Å². The molecule has 7 nitrogen and oxygen atoms in total. The van der Waals surface area contributed by atoms with E-state index in [1.807, 2.05) is 37.4 Å². The fourth-order valence-electron chi connectivity index (χ4n) is 3.65. The van der Waals surface area contributed by atoms with Crippen LogP contribution < -0.4 is 4.90 Å². The molecule has 0 spiro atoms. The van der Waals surface area contributed by atoms with Gasteiger partial charge >= 0.3 is 0 Å². The molecule has 0 saturated carbocycles. The number of hydrogen-bond acceptors (Lipinski definition) is 8. The first-order valence-corrected chi connectivity index (χ1v) is 11.0. The Morgan fingerprint density at radius 1 is 1.06 bits per heavy atom. The van der Waals surface area contributed by atoms with Gasteiger partial charge in [0.2, 0.25) is 0 Å². The lowest BCUT2D eigenvalue weighted by Gasteiger charge is -2.27. The number of rotatable bonds is 5. The molecule has 0 atom stereocenters. The van der Waals surface area contributed by atoms with Crippen molar-refractivity contribution in [3.05, 3.63) is 65.1 Å². The number of ketones is 1. The monoisotopic (exact) mass is 431 g/mol. The molecule has 0 bridgehead atoms. The molecule has 5 rings (SSSR count).